The minimum Gasteiger partial charge on any atom is -0.487 e. The molecule has 0 saturated carbocycles. The van der Waals surface area contributed by atoms with Crippen LogP contribution in [0.4, 0.5) is 10.2 Å². The van der Waals surface area contributed by atoms with Crippen molar-refractivity contribution in [2.24, 2.45) is 0 Å². The van der Waals surface area contributed by atoms with Crippen molar-refractivity contribution in [1.82, 2.24) is 9.97 Å². The molecule has 0 fully saturated rings. The summed E-state index contributed by atoms with van der Waals surface area (Å²) in [6.07, 6.45) is 0. The minimum atomic E-state index is -0.542. The highest BCUT2D eigenvalue weighted by Gasteiger charge is 2.15. The van der Waals surface area contributed by atoms with Crippen LogP contribution in [0, 0.1) is 5.82 Å². The highest BCUT2D eigenvalue weighted by molar-refractivity contribution is 5.92. The fourth-order valence-electron chi connectivity index (χ4n) is 3.32. The smallest absolute Gasteiger partial charge is 0.166 e. The summed E-state index contributed by atoms with van der Waals surface area (Å²) in [5.41, 5.74) is 7.24. The highest BCUT2D eigenvalue weighted by Crippen LogP contribution is 2.35. The van der Waals surface area contributed by atoms with Crippen LogP contribution in [0.25, 0.3) is 22.3 Å². The standard InChI is InChI=1S/C26H26FN3O5/c1-31-10-12-33-23-15-19-21(16-24(23)34-13-11-32-2)29-26(30-25(19)28)17-8-9-22(20(27)14-17)35-18-6-4-3-5-7-18/h3-9,14-16H,10-13H2,1-2H3,(H2,28,29,30). The molecule has 0 bridgehead atoms. The quantitative estimate of drug-likeness (QED) is 0.305. The van der Waals surface area contributed by atoms with Crippen molar-refractivity contribution in [2.75, 3.05) is 46.4 Å². The van der Waals surface area contributed by atoms with E-state index >= 15 is 0 Å². The molecule has 0 unspecified atom stereocenters. The average Bonchev–Trinajstić information content (AvgIpc) is 2.86. The summed E-state index contributed by atoms with van der Waals surface area (Å²) in [7, 11) is 3.19. The first-order chi connectivity index (χ1) is 17.1. The summed E-state index contributed by atoms with van der Waals surface area (Å²) in [6, 6.07) is 17.0. The van der Waals surface area contributed by atoms with Crippen LogP contribution < -0.4 is 19.9 Å². The maximum absolute atomic E-state index is 14.8. The van der Waals surface area contributed by atoms with Crippen LogP contribution in [0.1, 0.15) is 0 Å². The molecule has 0 radical (unpaired) electrons. The van der Waals surface area contributed by atoms with Gasteiger partial charge >= 0.3 is 0 Å². The summed E-state index contributed by atoms with van der Waals surface area (Å²) in [5, 5.41) is 0.588. The third kappa shape index (κ3) is 5.95. The molecule has 8 nitrogen and oxygen atoms in total. The van der Waals surface area contributed by atoms with Crippen molar-refractivity contribution >= 4 is 16.7 Å². The summed E-state index contributed by atoms with van der Waals surface area (Å²) in [4.78, 5) is 8.98. The molecule has 0 saturated heterocycles. The number of aromatic nitrogens is 2. The van der Waals surface area contributed by atoms with Gasteiger partial charge in [0, 0.05) is 31.2 Å². The Labute approximate surface area is 202 Å². The van der Waals surface area contributed by atoms with Gasteiger partial charge in [0.2, 0.25) is 0 Å². The lowest BCUT2D eigenvalue weighted by atomic mass is 10.1. The molecular weight excluding hydrogens is 453 g/mol. The third-order valence-corrected chi connectivity index (χ3v) is 5.04. The highest BCUT2D eigenvalue weighted by atomic mass is 19.1. The Hall–Kier alpha value is -3.95. The first-order valence-corrected chi connectivity index (χ1v) is 11.0. The first kappa shape index (κ1) is 24.2. The number of anilines is 1. The van der Waals surface area contributed by atoms with Gasteiger partial charge in [-0.05, 0) is 36.4 Å². The lowest BCUT2D eigenvalue weighted by molar-refractivity contribution is 0.132. The van der Waals surface area contributed by atoms with E-state index in [2.05, 4.69) is 9.97 Å². The van der Waals surface area contributed by atoms with E-state index in [4.69, 9.17) is 29.4 Å². The van der Waals surface area contributed by atoms with Crippen molar-refractivity contribution in [3.8, 4) is 34.4 Å². The predicted octanol–water partition coefficient (Wildman–Crippen LogP) is 4.86. The predicted molar refractivity (Wildman–Crippen MR) is 131 cm³/mol. The van der Waals surface area contributed by atoms with Crippen molar-refractivity contribution < 1.29 is 28.1 Å². The van der Waals surface area contributed by atoms with Gasteiger partial charge in [0.15, 0.2) is 28.9 Å². The van der Waals surface area contributed by atoms with Crippen LogP contribution in [-0.4, -0.2) is 50.6 Å². The van der Waals surface area contributed by atoms with Crippen molar-refractivity contribution in [3.05, 3.63) is 66.5 Å². The lowest BCUT2D eigenvalue weighted by Gasteiger charge is -2.15. The second kappa shape index (κ2) is 11.5. The Balaban J connectivity index is 1.66. The molecule has 0 aliphatic heterocycles. The van der Waals surface area contributed by atoms with Gasteiger partial charge in [0.05, 0.1) is 18.7 Å². The molecule has 9 heteroatoms. The maximum Gasteiger partial charge on any atom is 0.166 e. The number of ether oxygens (including phenoxy) is 5. The van der Waals surface area contributed by atoms with Gasteiger partial charge < -0.3 is 29.4 Å². The molecule has 1 heterocycles. The van der Waals surface area contributed by atoms with Crippen molar-refractivity contribution in [3.63, 3.8) is 0 Å². The second-order valence-corrected chi connectivity index (χ2v) is 7.49. The molecule has 4 aromatic rings. The van der Waals surface area contributed by atoms with E-state index in [0.29, 0.717) is 60.1 Å². The molecule has 182 valence electrons. The summed E-state index contributed by atoms with van der Waals surface area (Å²) < 4.78 is 42.2. The van der Waals surface area contributed by atoms with Crippen LogP contribution in [0.3, 0.4) is 0 Å². The van der Waals surface area contributed by atoms with Crippen molar-refractivity contribution in [2.45, 2.75) is 0 Å². The molecule has 0 atom stereocenters. The van der Waals surface area contributed by atoms with E-state index in [-0.39, 0.29) is 17.4 Å². The summed E-state index contributed by atoms with van der Waals surface area (Å²) in [6.45, 7) is 1.47. The van der Waals surface area contributed by atoms with Gasteiger partial charge in [-0.2, -0.15) is 0 Å². The molecule has 35 heavy (non-hydrogen) atoms. The molecule has 2 N–H and O–H groups in total. The largest absolute Gasteiger partial charge is 0.487 e. The van der Waals surface area contributed by atoms with E-state index < -0.39 is 5.82 Å². The van der Waals surface area contributed by atoms with E-state index in [1.54, 1.807) is 44.6 Å². The molecule has 3 aromatic carbocycles. The van der Waals surface area contributed by atoms with Crippen molar-refractivity contribution in [1.29, 1.82) is 0 Å². The minimum absolute atomic E-state index is 0.0976. The van der Waals surface area contributed by atoms with Gasteiger partial charge in [-0.15, -0.1) is 0 Å². The molecule has 1 aromatic heterocycles. The van der Waals surface area contributed by atoms with E-state index in [1.165, 1.54) is 12.1 Å². The zero-order valence-corrected chi connectivity index (χ0v) is 19.5. The van der Waals surface area contributed by atoms with E-state index in [9.17, 15) is 4.39 Å². The first-order valence-electron chi connectivity index (χ1n) is 11.0. The fourth-order valence-corrected chi connectivity index (χ4v) is 3.32. The number of rotatable bonds is 11. The van der Waals surface area contributed by atoms with Gasteiger partial charge in [0.1, 0.15) is 24.8 Å². The Morgan fingerprint density at radius 2 is 1.46 bits per heavy atom. The van der Waals surface area contributed by atoms with E-state index in [1.807, 2.05) is 18.2 Å². The number of halogens is 1. The number of nitrogens with zero attached hydrogens (tertiary/aromatic N) is 2. The number of fused-ring (bicyclic) bond motifs is 1. The number of nitrogen functional groups attached to an aromatic ring is 1. The third-order valence-electron chi connectivity index (χ3n) is 5.04. The molecule has 0 spiro atoms. The van der Waals surface area contributed by atoms with Gasteiger partial charge in [-0.25, -0.2) is 14.4 Å². The Morgan fingerprint density at radius 1 is 0.771 bits per heavy atom. The number of hydrogen-bond donors (Lipinski definition) is 1. The zero-order chi connectivity index (χ0) is 24.6. The van der Waals surface area contributed by atoms with Gasteiger partial charge in [0.25, 0.3) is 0 Å². The number of benzene rings is 3. The number of para-hydroxylation sites is 1. The zero-order valence-electron chi connectivity index (χ0n) is 19.5. The van der Waals surface area contributed by atoms with Crippen LogP contribution in [0.5, 0.6) is 23.0 Å². The maximum atomic E-state index is 14.8. The fraction of sp³-hybridized carbons (Fsp3) is 0.231. The second-order valence-electron chi connectivity index (χ2n) is 7.49. The Kier molecular flexibility index (Phi) is 7.92. The molecule has 0 amide bonds. The SMILES string of the molecule is COCCOc1cc2nc(-c3ccc(Oc4ccccc4)c(F)c3)nc(N)c2cc1OCCOC. The summed E-state index contributed by atoms with van der Waals surface area (Å²) in [5.74, 6) is 1.56. The van der Waals surface area contributed by atoms with Crippen LogP contribution in [0.15, 0.2) is 60.7 Å². The lowest BCUT2D eigenvalue weighted by Crippen LogP contribution is -2.09. The molecule has 0 aliphatic rings. The van der Waals surface area contributed by atoms with Crippen LogP contribution >= 0.6 is 0 Å². The summed E-state index contributed by atoms with van der Waals surface area (Å²) >= 11 is 0. The normalized spacial score (nSPS) is 10.9. The molecular formula is C26H26FN3O5. The topological polar surface area (TPSA) is 98.0 Å². The monoisotopic (exact) mass is 479 g/mol. The number of hydrogen-bond acceptors (Lipinski definition) is 8. The number of nitrogens with two attached hydrogens (primary N) is 1. The Morgan fingerprint density at radius 3 is 2.11 bits per heavy atom. The average molecular weight is 480 g/mol. The van der Waals surface area contributed by atoms with Crippen LogP contribution in [0.2, 0.25) is 0 Å². The van der Waals surface area contributed by atoms with Gasteiger partial charge in [-0.3, -0.25) is 0 Å². The molecule has 4 rings (SSSR count). The Bertz CT molecular complexity index is 1290. The van der Waals surface area contributed by atoms with Gasteiger partial charge in [-0.1, -0.05) is 18.2 Å². The molecule has 0 aliphatic carbocycles. The van der Waals surface area contributed by atoms with Crippen LogP contribution in [-0.2, 0) is 9.47 Å². The number of methoxy groups -OCH3 is 2. The van der Waals surface area contributed by atoms with E-state index in [0.717, 1.165) is 0 Å².